The van der Waals surface area contributed by atoms with Crippen LogP contribution in [0.4, 0.5) is 0 Å². The summed E-state index contributed by atoms with van der Waals surface area (Å²) in [4.78, 5) is 0. The summed E-state index contributed by atoms with van der Waals surface area (Å²) < 4.78 is 2.03. The van der Waals surface area contributed by atoms with E-state index in [9.17, 15) is 0 Å². The summed E-state index contributed by atoms with van der Waals surface area (Å²) in [5.41, 5.74) is 1.93. The van der Waals surface area contributed by atoms with Gasteiger partial charge in [0.1, 0.15) is 0 Å². The molecule has 1 aliphatic rings. The zero-order valence-corrected chi connectivity index (χ0v) is 13.7. The van der Waals surface area contributed by atoms with Crippen molar-refractivity contribution in [2.45, 2.75) is 72.4 Å². The fraction of sp³-hybridized carbons (Fsp3) is 0.824. The molecular weight excluding hydrogens is 246 g/mol. The molecule has 3 nitrogen and oxygen atoms in total. The third-order valence-corrected chi connectivity index (χ3v) is 4.89. The average Bonchev–Trinajstić information content (AvgIpc) is 2.86. The smallest absolute Gasteiger partial charge is 0.0522 e. The van der Waals surface area contributed by atoms with Crippen LogP contribution in [0.15, 0.2) is 12.4 Å². The van der Waals surface area contributed by atoms with E-state index in [2.05, 4.69) is 44.3 Å². The number of aromatic nitrogens is 2. The number of nitrogens with one attached hydrogen (secondary N) is 1. The minimum Gasteiger partial charge on any atom is -0.314 e. The highest BCUT2D eigenvalue weighted by Gasteiger charge is 2.31. The van der Waals surface area contributed by atoms with Gasteiger partial charge in [0, 0.05) is 18.8 Å². The minimum absolute atomic E-state index is 0.556. The fourth-order valence-corrected chi connectivity index (χ4v) is 3.43. The van der Waals surface area contributed by atoms with Crippen molar-refractivity contribution >= 4 is 0 Å². The minimum atomic E-state index is 0.556. The summed E-state index contributed by atoms with van der Waals surface area (Å²) >= 11 is 0. The molecule has 1 atom stereocenters. The Kier molecular flexibility index (Phi) is 5.25. The van der Waals surface area contributed by atoms with E-state index in [1.807, 2.05) is 10.9 Å². The second-order valence-corrected chi connectivity index (χ2v) is 7.07. The maximum absolute atomic E-state index is 4.40. The van der Waals surface area contributed by atoms with Gasteiger partial charge in [0.05, 0.1) is 6.20 Å². The van der Waals surface area contributed by atoms with E-state index >= 15 is 0 Å². The third-order valence-electron chi connectivity index (χ3n) is 4.89. The Balaban J connectivity index is 1.96. The molecule has 20 heavy (non-hydrogen) atoms. The van der Waals surface area contributed by atoms with Crippen molar-refractivity contribution < 1.29 is 0 Å². The molecule has 0 amide bonds. The molecule has 0 spiro atoms. The molecule has 1 unspecified atom stereocenters. The topological polar surface area (TPSA) is 29.9 Å². The summed E-state index contributed by atoms with van der Waals surface area (Å²) in [6, 6.07) is 0.616. The first-order chi connectivity index (χ1) is 9.54. The van der Waals surface area contributed by atoms with Crippen LogP contribution in [0.3, 0.4) is 0 Å². The van der Waals surface area contributed by atoms with Gasteiger partial charge in [-0.05, 0) is 62.5 Å². The lowest BCUT2D eigenvalue weighted by Gasteiger charge is -2.38. The highest BCUT2D eigenvalue weighted by Crippen LogP contribution is 2.39. The summed E-state index contributed by atoms with van der Waals surface area (Å²) in [6.45, 7) is 11.2. The van der Waals surface area contributed by atoms with Gasteiger partial charge < -0.3 is 5.32 Å². The maximum Gasteiger partial charge on any atom is 0.0522 e. The van der Waals surface area contributed by atoms with Crippen molar-refractivity contribution in [3.63, 3.8) is 0 Å². The first kappa shape index (κ1) is 15.6. The molecule has 3 heteroatoms. The molecule has 1 N–H and O–H groups in total. The van der Waals surface area contributed by atoms with E-state index in [0.29, 0.717) is 11.5 Å². The van der Waals surface area contributed by atoms with Crippen molar-refractivity contribution in [2.75, 3.05) is 6.54 Å². The molecule has 0 aliphatic heterocycles. The predicted octanol–water partition coefficient (Wildman–Crippen LogP) is 3.64. The quantitative estimate of drug-likeness (QED) is 0.860. The molecule has 2 rings (SSSR count). The van der Waals surface area contributed by atoms with E-state index < -0.39 is 0 Å². The van der Waals surface area contributed by atoms with Gasteiger partial charge in [-0.15, -0.1) is 0 Å². The molecular formula is C17H31N3. The Morgan fingerprint density at radius 2 is 2.05 bits per heavy atom. The van der Waals surface area contributed by atoms with Crippen LogP contribution in [0, 0.1) is 11.3 Å². The number of rotatable bonds is 6. The molecule has 1 saturated carbocycles. The van der Waals surface area contributed by atoms with Crippen LogP contribution in [0.25, 0.3) is 0 Å². The van der Waals surface area contributed by atoms with E-state index in [-0.39, 0.29) is 0 Å². The molecule has 0 bridgehead atoms. The standard InChI is InChI=1S/C17H31N3/c1-5-18-16(11-14-12-19-20(6-2)13-14)15-7-9-17(3,4)10-8-15/h12-13,15-16,18H,5-11H2,1-4H3. The molecule has 1 aromatic heterocycles. The van der Waals surface area contributed by atoms with Crippen LogP contribution < -0.4 is 5.32 Å². The van der Waals surface area contributed by atoms with Crippen LogP contribution >= 0.6 is 0 Å². The lowest BCUT2D eigenvalue weighted by molar-refractivity contribution is 0.161. The van der Waals surface area contributed by atoms with Crippen molar-refractivity contribution in [1.82, 2.24) is 15.1 Å². The Morgan fingerprint density at radius 3 is 2.60 bits per heavy atom. The van der Waals surface area contributed by atoms with Crippen molar-refractivity contribution in [2.24, 2.45) is 11.3 Å². The van der Waals surface area contributed by atoms with Crippen molar-refractivity contribution in [3.8, 4) is 0 Å². The summed E-state index contributed by atoms with van der Waals surface area (Å²) in [5.74, 6) is 0.827. The SMILES string of the molecule is CCNC(Cc1cnn(CC)c1)C1CCC(C)(C)CC1. The van der Waals surface area contributed by atoms with Gasteiger partial charge >= 0.3 is 0 Å². The molecule has 0 aromatic carbocycles. The Labute approximate surface area is 124 Å². The van der Waals surface area contributed by atoms with Gasteiger partial charge in [0.2, 0.25) is 0 Å². The normalized spacial score (nSPS) is 21.0. The third kappa shape index (κ3) is 4.08. The average molecular weight is 277 g/mol. The van der Waals surface area contributed by atoms with Gasteiger partial charge in [-0.1, -0.05) is 20.8 Å². The Hall–Kier alpha value is -0.830. The molecule has 1 aliphatic carbocycles. The van der Waals surface area contributed by atoms with Crippen molar-refractivity contribution in [1.29, 1.82) is 0 Å². The van der Waals surface area contributed by atoms with Crippen LogP contribution in [0.1, 0.15) is 58.9 Å². The van der Waals surface area contributed by atoms with E-state index in [0.717, 1.165) is 25.4 Å². The molecule has 1 aromatic rings. The van der Waals surface area contributed by atoms with Gasteiger partial charge in [-0.2, -0.15) is 5.10 Å². The summed E-state index contributed by atoms with van der Waals surface area (Å²) in [6.07, 6.45) is 10.8. The second kappa shape index (κ2) is 6.75. The van der Waals surface area contributed by atoms with E-state index in [4.69, 9.17) is 0 Å². The van der Waals surface area contributed by atoms with Gasteiger partial charge in [-0.3, -0.25) is 4.68 Å². The van der Waals surface area contributed by atoms with Crippen LogP contribution in [-0.2, 0) is 13.0 Å². The Bertz CT molecular complexity index is 398. The highest BCUT2D eigenvalue weighted by atomic mass is 15.3. The summed E-state index contributed by atoms with van der Waals surface area (Å²) in [5, 5.41) is 8.12. The first-order valence-corrected chi connectivity index (χ1v) is 8.29. The lowest BCUT2D eigenvalue weighted by atomic mass is 9.70. The van der Waals surface area contributed by atoms with Crippen LogP contribution in [-0.4, -0.2) is 22.4 Å². The highest BCUT2D eigenvalue weighted by molar-refractivity contribution is 5.07. The number of hydrogen-bond donors (Lipinski definition) is 1. The second-order valence-electron chi connectivity index (χ2n) is 7.07. The largest absolute Gasteiger partial charge is 0.314 e. The van der Waals surface area contributed by atoms with Crippen LogP contribution in [0.5, 0.6) is 0 Å². The number of likely N-dealkylation sites (N-methyl/N-ethyl adjacent to an activating group) is 1. The van der Waals surface area contributed by atoms with Gasteiger partial charge in [0.25, 0.3) is 0 Å². The molecule has 1 heterocycles. The zero-order valence-electron chi connectivity index (χ0n) is 13.7. The van der Waals surface area contributed by atoms with Crippen LogP contribution in [0.2, 0.25) is 0 Å². The summed E-state index contributed by atoms with van der Waals surface area (Å²) in [7, 11) is 0. The molecule has 1 fully saturated rings. The molecule has 0 saturated heterocycles. The number of aryl methyl sites for hydroxylation is 1. The monoisotopic (exact) mass is 277 g/mol. The number of hydrogen-bond acceptors (Lipinski definition) is 2. The fourth-order valence-electron chi connectivity index (χ4n) is 3.43. The van der Waals surface area contributed by atoms with Gasteiger partial charge in [0.15, 0.2) is 0 Å². The number of nitrogens with zero attached hydrogens (tertiary/aromatic N) is 2. The first-order valence-electron chi connectivity index (χ1n) is 8.29. The Morgan fingerprint density at radius 1 is 1.35 bits per heavy atom. The van der Waals surface area contributed by atoms with E-state index in [1.54, 1.807) is 0 Å². The van der Waals surface area contributed by atoms with Crippen molar-refractivity contribution in [3.05, 3.63) is 18.0 Å². The molecule has 0 radical (unpaired) electrons. The van der Waals surface area contributed by atoms with E-state index in [1.165, 1.54) is 31.2 Å². The molecule has 114 valence electrons. The predicted molar refractivity (Wildman–Crippen MR) is 84.8 cm³/mol. The lowest BCUT2D eigenvalue weighted by Crippen LogP contribution is -2.40. The maximum atomic E-state index is 4.40. The van der Waals surface area contributed by atoms with Gasteiger partial charge in [-0.25, -0.2) is 0 Å². The zero-order chi connectivity index (χ0) is 14.6.